The van der Waals surface area contributed by atoms with Crippen LogP contribution in [0.25, 0.3) is 0 Å². The second-order valence-electron chi connectivity index (χ2n) is 19.6. The van der Waals surface area contributed by atoms with E-state index < -0.39 is 6.10 Å². The number of rotatable bonds is 53. The fourth-order valence-corrected chi connectivity index (χ4v) is 8.80. The van der Waals surface area contributed by atoms with Gasteiger partial charge in [0.25, 0.3) is 0 Å². The number of hydrogen-bond acceptors (Lipinski definition) is 6. The molecule has 0 fully saturated rings. The van der Waals surface area contributed by atoms with Crippen LogP contribution in [0.1, 0.15) is 329 Å². The van der Waals surface area contributed by atoms with Crippen molar-refractivity contribution in [3.63, 3.8) is 0 Å². The molecule has 0 amide bonds. The zero-order chi connectivity index (χ0) is 45.8. The molecular formula is C57H110O6. The molecule has 0 aliphatic heterocycles. The Labute approximate surface area is 393 Å². The van der Waals surface area contributed by atoms with Crippen molar-refractivity contribution in [3.8, 4) is 0 Å². The Morgan fingerprint density at radius 3 is 0.635 bits per heavy atom. The maximum atomic E-state index is 12.7. The third-order valence-electron chi connectivity index (χ3n) is 13.1. The summed E-state index contributed by atoms with van der Waals surface area (Å²) in [5.74, 6) is -0.852. The van der Waals surface area contributed by atoms with Gasteiger partial charge < -0.3 is 14.2 Å². The Morgan fingerprint density at radius 1 is 0.254 bits per heavy atom. The van der Waals surface area contributed by atoms with E-state index in [1.807, 2.05) is 0 Å². The maximum absolute atomic E-state index is 12.7. The predicted molar refractivity (Wildman–Crippen MR) is 270 cm³/mol. The highest BCUT2D eigenvalue weighted by Crippen LogP contribution is 2.18. The molecule has 0 radical (unpaired) electrons. The molecule has 1 atom stereocenters. The molecule has 0 aromatic heterocycles. The average molecular weight is 892 g/mol. The van der Waals surface area contributed by atoms with E-state index in [0.717, 1.165) is 57.8 Å². The molecule has 0 N–H and O–H groups in total. The number of carbonyl (C=O) groups is 3. The molecule has 63 heavy (non-hydrogen) atoms. The lowest BCUT2D eigenvalue weighted by molar-refractivity contribution is -0.167. The lowest BCUT2D eigenvalue weighted by Gasteiger charge is -2.18. The van der Waals surface area contributed by atoms with Gasteiger partial charge in [-0.25, -0.2) is 0 Å². The van der Waals surface area contributed by atoms with Gasteiger partial charge in [-0.15, -0.1) is 0 Å². The summed E-state index contributed by atoms with van der Waals surface area (Å²) in [6, 6.07) is 0. The van der Waals surface area contributed by atoms with Gasteiger partial charge in [0.1, 0.15) is 13.2 Å². The van der Waals surface area contributed by atoms with E-state index in [-0.39, 0.29) is 31.1 Å². The molecule has 0 aromatic rings. The summed E-state index contributed by atoms with van der Waals surface area (Å²) < 4.78 is 16.7. The van der Waals surface area contributed by atoms with Crippen molar-refractivity contribution in [2.75, 3.05) is 13.2 Å². The molecule has 0 rings (SSSR count). The van der Waals surface area contributed by atoms with Crippen LogP contribution in [0.15, 0.2) is 0 Å². The molecule has 0 saturated heterocycles. The van der Waals surface area contributed by atoms with Crippen molar-refractivity contribution < 1.29 is 28.6 Å². The zero-order valence-corrected chi connectivity index (χ0v) is 42.9. The molecule has 6 nitrogen and oxygen atoms in total. The second-order valence-corrected chi connectivity index (χ2v) is 19.6. The molecule has 374 valence electrons. The van der Waals surface area contributed by atoms with Crippen LogP contribution >= 0.6 is 0 Å². The van der Waals surface area contributed by atoms with Crippen molar-refractivity contribution in [2.24, 2.45) is 0 Å². The zero-order valence-electron chi connectivity index (χ0n) is 42.9. The third-order valence-corrected chi connectivity index (χ3v) is 13.1. The summed E-state index contributed by atoms with van der Waals surface area (Å²) in [5, 5.41) is 0. The fourth-order valence-electron chi connectivity index (χ4n) is 8.80. The van der Waals surface area contributed by atoms with Gasteiger partial charge in [0.2, 0.25) is 0 Å². The second kappa shape index (κ2) is 53.0. The summed E-state index contributed by atoms with van der Waals surface area (Å²) in [5.41, 5.74) is 0. The van der Waals surface area contributed by atoms with E-state index in [1.165, 1.54) is 231 Å². The molecule has 1 unspecified atom stereocenters. The number of hydrogen-bond donors (Lipinski definition) is 0. The Morgan fingerprint density at radius 2 is 0.429 bits per heavy atom. The normalized spacial score (nSPS) is 11.9. The minimum absolute atomic E-state index is 0.0627. The van der Waals surface area contributed by atoms with Crippen molar-refractivity contribution in [1.29, 1.82) is 0 Å². The minimum Gasteiger partial charge on any atom is -0.462 e. The Bertz CT molecular complexity index is 936. The molecule has 0 saturated carbocycles. The van der Waals surface area contributed by atoms with Gasteiger partial charge in [0.15, 0.2) is 6.10 Å². The van der Waals surface area contributed by atoms with Gasteiger partial charge >= 0.3 is 17.9 Å². The average Bonchev–Trinajstić information content (AvgIpc) is 3.28. The molecule has 6 heteroatoms. The molecule has 0 aromatic carbocycles. The largest absolute Gasteiger partial charge is 0.462 e. The summed E-state index contributed by atoms with van der Waals surface area (Å²) in [4.78, 5) is 37.7. The summed E-state index contributed by atoms with van der Waals surface area (Å²) in [6.45, 7) is 6.63. The predicted octanol–water partition coefficient (Wildman–Crippen LogP) is 18.8. The van der Waals surface area contributed by atoms with Crippen LogP contribution in [-0.4, -0.2) is 37.2 Å². The smallest absolute Gasteiger partial charge is 0.306 e. The highest BCUT2D eigenvalue weighted by Gasteiger charge is 2.19. The number of unbranched alkanes of at least 4 members (excludes halogenated alkanes) is 42. The molecule has 0 aliphatic carbocycles. The SMILES string of the molecule is CCCCCCCCCCCCCCCCCCCCCCCCCCCCCC(=O)OCC(COC(=O)CCCCCCCC)OC(=O)CCCCCCCCCCCCCC. The molecular weight excluding hydrogens is 781 g/mol. The first kappa shape index (κ1) is 61.4. The third kappa shape index (κ3) is 51.3. The first-order valence-electron chi connectivity index (χ1n) is 28.5. The molecule has 0 bridgehead atoms. The van der Waals surface area contributed by atoms with Crippen molar-refractivity contribution >= 4 is 17.9 Å². The Hall–Kier alpha value is -1.59. The Kier molecular flexibility index (Phi) is 51.7. The summed E-state index contributed by atoms with van der Waals surface area (Å²) in [7, 11) is 0. The van der Waals surface area contributed by atoms with E-state index in [0.29, 0.717) is 19.3 Å². The van der Waals surface area contributed by atoms with E-state index in [9.17, 15) is 14.4 Å². The number of carbonyl (C=O) groups excluding carboxylic acids is 3. The van der Waals surface area contributed by atoms with Crippen LogP contribution in [0.3, 0.4) is 0 Å². The van der Waals surface area contributed by atoms with Crippen LogP contribution in [0.2, 0.25) is 0 Å². The van der Waals surface area contributed by atoms with Crippen LogP contribution in [0.5, 0.6) is 0 Å². The monoisotopic (exact) mass is 891 g/mol. The van der Waals surface area contributed by atoms with Gasteiger partial charge in [-0.05, 0) is 19.3 Å². The van der Waals surface area contributed by atoms with Gasteiger partial charge in [-0.3, -0.25) is 14.4 Å². The molecule has 0 spiro atoms. The van der Waals surface area contributed by atoms with Crippen molar-refractivity contribution in [3.05, 3.63) is 0 Å². The standard InChI is InChI=1S/C57H110O6/c1-4-7-10-13-16-18-20-22-23-24-25-26-27-28-29-30-31-32-33-34-35-36-38-39-41-44-47-50-56(59)62-53-54(52-61-55(58)49-46-43-15-12-9-6-3)63-57(60)51-48-45-42-40-37-21-19-17-14-11-8-5-2/h54H,4-53H2,1-3H3. The quantitative estimate of drug-likeness (QED) is 0.0344. The minimum atomic E-state index is -0.758. The van der Waals surface area contributed by atoms with E-state index in [4.69, 9.17) is 14.2 Å². The topological polar surface area (TPSA) is 78.9 Å². The highest BCUT2D eigenvalue weighted by atomic mass is 16.6. The summed E-state index contributed by atoms with van der Waals surface area (Å²) in [6.07, 6.45) is 58.6. The first-order chi connectivity index (χ1) is 31.0. The summed E-state index contributed by atoms with van der Waals surface area (Å²) >= 11 is 0. The van der Waals surface area contributed by atoms with Gasteiger partial charge in [-0.1, -0.05) is 290 Å². The van der Waals surface area contributed by atoms with Crippen LogP contribution in [0, 0.1) is 0 Å². The van der Waals surface area contributed by atoms with E-state index in [2.05, 4.69) is 20.8 Å². The molecule has 0 aliphatic rings. The van der Waals surface area contributed by atoms with Crippen LogP contribution < -0.4 is 0 Å². The van der Waals surface area contributed by atoms with Crippen LogP contribution in [0.4, 0.5) is 0 Å². The maximum Gasteiger partial charge on any atom is 0.306 e. The van der Waals surface area contributed by atoms with Crippen molar-refractivity contribution in [1.82, 2.24) is 0 Å². The van der Waals surface area contributed by atoms with Gasteiger partial charge in [0.05, 0.1) is 0 Å². The molecule has 0 heterocycles. The number of esters is 3. The Balaban J connectivity index is 3.94. The highest BCUT2D eigenvalue weighted by molar-refractivity contribution is 5.71. The van der Waals surface area contributed by atoms with Crippen LogP contribution in [-0.2, 0) is 28.6 Å². The van der Waals surface area contributed by atoms with Gasteiger partial charge in [0, 0.05) is 19.3 Å². The first-order valence-corrected chi connectivity index (χ1v) is 28.5. The number of ether oxygens (including phenoxy) is 3. The van der Waals surface area contributed by atoms with Crippen molar-refractivity contribution in [2.45, 2.75) is 335 Å². The lowest BCUT2D eigenvalue weighted by atomic mass is 10.0. The fraction of sp³-hybridized carbons (Fsp3) is 0.947. The lowest BCUT2D eigenvalue weighted by Crippen LogP contribution is -2.30. The van der Waals surface area contributed by atoms with Gasteiger partial charge in [-0.2, -0.15) is 0 Å². The van der Waals surface area contributed by atoms with E-state index >= 15 is 0 Å². The van der Waals surface area contributed by atoms with E-state index in [1.54, 1.807) is 0 Å².